The van der Waals surface area contributed by atoms with E-state index in [2.05, 4.69) is 18.7 Å². The summed E-state index contributed by atoms with van der Waals surface area (Å²) in [5.74, 6) is 0.411. The van der Waals surface area contributed by atoms with Gasteiger partial charge in [-0.25, -0.2) is 4.39 Å². The summed E-state index contributed by atoms with van der Waals surface area (Å²) in [5.41, 5.74) is 7.39. The number of hydrogen-bond acceptors (Lipinski definition) is 2. The van der Waals surface area contributed by atoms with Gasteiger partial charge in [-0.15, -0.1) is 0 Å². The minimum Gasteiger partial charge on any atom is -0.389 e. The second-order valence-electron chi connectivity index (χ2n) is 5.50. The van der Waals surface area contributed by atoms with Crippen molar-refractivity contribution >= 4 is 17.2 Å². The molecular weight excluding hydrogens is 259 g/mol. The Morgan fingerprint density at radius 2 is 2.21 bits per heavy atom. The summed E-state index contributed by atoms with van der Waals surface area (Å²) < 4.78 is 13.3. The molecule has 2 N–H and O–H groups in total. The van der Waals surface area contributed by atoms with E-state index in [9.17, 15) is 4.39 Å². The molecule has 2 atom stereocenters. The van der Waals surface area contributed by atoms with Crippen molar-refractivity contribution in [3.8, 4) is 0 Å². The quantitative estimate of drug-likeness (QED) is 0.863. The molecule has 0 amide bonds. The van der Waals surface area contributed by atoms with Crippen LogP contribution in [0.4, 0.5) is 4.39 Å². The fourth-order valence-corrected chi connectivity index (χ4v) is 2.97. The van der Waals surface area contributed by atoms with E-state index in [0.29, 0.717) is 17.5 Å². The number of nitrogens with two attached hydrogens (primary N) is 1. The molecule has 1 heterocycles. The zero-order valence-corrected chi connectivity index (χ0v) is 12.3. The number of piperidine rings is 1. The van der Waals surface area contributed by atoms with Crippen LogP contribution in [0, 0.1) is 11.7 Å². The first-order chi connectivity index (χ1) is 8.99. The van der Waals surface area contributed by atoms with Gasteiger partial charge >= 0.3 is 0 Å². The third-order valence-electron chi connectivity index (χ3n) is 4.22. The van der Waals surface area contributed by atoms with Crippen LogP contribution in [0.2, 0.25) is 0 Å². The minimum absolute atomic E-state index is 0.271. The molecule has 1 aromatic rings. The highest BCUT2D eigenvalue weighted by Gasteiger charge is 2.25. The molecule has 1 saturated heterocycles. The Balaban J connectivity index is 2.21. The van der Waals surface area contributed by atoms with Crippen molar-refractivity contribution in [1.29, 1.82) is 0 Å². The van der Waals surface area contributed by atoms with E-state index in [1.54, 1.807) is 6.07 Å². The van der Waals surface area contributed by atoms with Crippen molar-refractivity contribution in [2.75, 3.05) is 6.54 Å². The largest absolute Gasteiger partial charge is 0.389 e. The highest BCUT2D eigenvalue weighted by molar-refractivity contribution is 7.80. The Hall–Kier alpha value is -1.00. The molecular formula is C15H21FN2S. The number of hydrogen-bond donors (Lipinski definition) is 1. The molecule has 2 rings (SSSR count). The summed E-state index contributed by atoms with van der Waals surface area (Å²) in [6.45, 7) is 6.42. The number of likely N-dealkylation sites (tertiary alicyclic amines) is 1. The van der Waals surface area contributed by atoms with Crippen molar-refractivity contribution in [3.05, 3.63) is 35.1 Å². The monoisotopic (exact) mass is 280 g/mol. The first-order valence-electron chi connectivity index (χ1n) is 6.81. The standard InChI is InChI=1S/C15H21FN2S/c1-10-4-3-7-18(11(10)2)9-12-5-6-13(16)8-14(12)15(17)19/h5-6,8,10-11H,3-4,7,9H2,1-2H3,(H2,17,19). The molecule has 2 nitrogen and oxygen atoms in total. The van der Waals surface area contributed by atoms with Crippen molar-refractivity contribution in [2.45, 2.75) is 39.3 Å². The highest BCUT2D eigenvalue weighted by Crippen LogP contribution is 2.25. The van der Waals surface area contributed by atoms with Gasteiger partial charge in [-0.05, 0) is 49.9 Å². The maximum atomic E-state index is 13.3. The fraction of sp³-hybridized carbons (Fsp3) is 0.533. The summed E-state index contributed by atoms with van der Waals surface area (Å²) in [7, 11) is 0. The van der Waals surface area contributed by atoms with Crippen LogP contribution in [0.1, 0.15) is 37.8 Å². The summed E-state index contributed by atoms with van der Waals surface area (Å²) in [4.78, 5) is 2.70. The van der Waals surface area contributed by atoms with E-state index in [1.165, 1.54) is 25.0 Å². The summed E-state index contributed by atoms with van der Waals surface area (Å²) >= 11 is 5.02. The Bertz CT molecular complexity index is 475. The molecule has 2 unspecified atom stereocenters. The predicted octanol–water partition coefficient (Wildman–Crippen LogP) is 3.08. The Morgan fingerprint density at radius 3 is 2.89 bits per heavy atom. The van der Waals surface area contributed by atoms with Crippen LogP contribution in [0.15, 0.2) is 18.2 Å². The van der Waals surface area contributed by atoms with Crippen LogP contribution in [0.5, 0.6) is 0 Å². The molecule has 1 aliphatic heterocycles. The lowest BCUT2D eigenvalue weighted by molar-refractivity contribution is 0.106. The topological polar surface area (TPSA) is 29.3 Å². The SMILES string of the molecule is CC1CCCN(Cc2ccc(F)cc2C(N)=S)C1C. The molecule has 1 aromatic carbocycles. The van der Waals surface area contributed by atoms with Crippen molar-refractivity contribution < 1.29 is 4.39 Å². The van der Waals surface area contributed by atoms with Gasteiger partial charge in [0.15, 0.2) is 0 Å². The minimum atomic E-state index is -0.286. The molecule has 0 spiro atoms. The molecule has 0 aromatic heterocycles. The van der Waals surface area contributed by atoms with E-state index in [4.69, 9.17) is 18.0 Å². The van der Waals surface area contributed by atoms with Crippen molar-refractivity contribution in [3.63, 3.8) is 0 Å². The lowest BCUT2D eigenvalue weighted by Crippen LogP contribution is -2.42. The Kier molecular flexibility index (Phi) is 4.53. The number of nitrogens with zero attached hydrogens (tertiary/aromatic N) is 1. The van der Waals surface area contributed by atoms with Gasteiger partial charge in [-0.3, -0.25) is 4.90 Å². The number of thiocarbonyl (C=S) groups is 1. The summed E-state index contributed by atoms with van der Waals surface area (Å²) in [6, 6.07) is 5.26. The molecule has 1 fully saturated rings. The van der Waals surface area contributed by atoms with Crippen LogP contribution in [0.3, 0.4) is 0 Å². The summed E-state index contributed by atoms with van der Waals surface area (Å²) in [6.07, 6.45) is 2.50. The molecule has 104 valence electrons. The second-order valence-corrected chi connectivity index (χ2v) is 5.94. The maximum Gasteiger partial charge on any atom is 0.123 e. The zero-order valence-electron chi connectivity index (χ0n) is 11.5. The van der Waals surface area contributed by atoms with Gasteiger partial charge in [0.1, 0.15) is 10.8 Å². The van der Waals surface area contributed by atoms with E-state index in [0.717, 1.165) is 18.7 Å². The lowest BCUT2D eigenvalue weighted by Gasteiger charge is -2.38. The van der Waals surface area contributed by atoms with Crippen molar-refractivity contribution in [2.24, 2.45) is 11.7 Å². The van der Waals surface area contributed by atoms with Crippen LogP contribution in [0.25, 0.3) is 0 Å². The average Bonchev–Trinajstić information content (AvgIpc) is 2.36. The summed E-state index contributed by atoms with van der Waals surface area (Å²) in [5, 5.41) is 0. The lowest BCUT2D eigenvalue weighted by atomic mass is 9.91. The smallest absolute Gasteiger partial charge is 0.123 e. The van der Waals surface area contributed by atoms with Crippen LogP contribution >= 0.6 is 12.2 Å². The van der Waals surface area contributed by atoms with Crippen LogP contribution < -0.4 is 5.73 Å². The van der Waals surface area contributed by atoms with E-state index < -0.39 is 0 Å². The number of rotatable bonds is 3. The second kappa shape index (κ2) is 5.97. The van der Waals surface area contributed by atoms with E-state index in [-0.39, 0.29) is 10.8 Å². The van der Waals surface area contributed by atoms with Gasteiger partial charge in [0.2, 0.25) is 0 Å². The molecule has 0 saturated carbocycles. The van der Waals surface area contributed by atoms with E-state index in [1.807, 2.05) is 0 Å². The maximum absolute atomic E-state index is 13.3. The number of halogens is 1. The molecule has 0 aliphatic carbocycles. The van der Waals surface area contributed by atoms with Gasteiger partial charge in [0.25, 0.3) is 0 Å². The Morgan fingerprint density at radius 1 is 1.47 bits per heavy atom. The average molecular weight is 280 g/mol. The molecule has 19 heavy (non-hydrogen) atoms. The molecule has 0 bridgehead atoms. The fourth-order valence-electron chi connectivity index (χ4n) is 2.78. The first kappa shape index (κ1) is 14.4. The zero-order chi connectivity index (χ0) is 14.0. The van der Waals surface area contributed by atoms with Gasteiger partial charge in [-0.1, -0.05) is 25.2 Å². The van der Waals surface area contributed by atoms with E-state index >= 15 is 0 Å². The Labute approximate surface area is 119 Å². The molecule has 0 radical (unpaired) electrons. The molecule has 4 heteroatoms. The number of benzene rings is 1. The molecule has 1 aliphatic rings. The van der Waals surface area contributed by atoms with Crippen molar-refractivity contribution in [1.82, 2.24) is 4.90 Å². The van der Waals surface area contributed by atoms with Crippen LogP contribution in [-0.2, 0) is 6.54 Å². The van der Waals surface area contributed by atoms with Gasteiger partial charge in [0.05, 0.1) is 0 Å². The van der Waals surface area contributed by atoms with Gasteiger partial charge in [-0.2, -0.15) is 0 Å². The van der Waals surface area contributed by atoms with Gasteiger partial charge in [0, 0.05) is 18.2 Å². The highest BCUT2D eigenvalue weighted by atomic mass is 32.1. The first-order valence-corrected chi connectivity index (χ1v) is 7.22. The predicted molar refractivity (Wildman–Crippen MR) is 80.6 cm³/mol. The normalized spacial score (nSPS) is 24.4. The van der Waals surface area contributed by atoms with Crippen LogP contribution in [-0.4, -0.2) is 22.5 Å². The van der Waals surface area contributed by atoms with Gasteiger partial charge < -0.3 is 5.73 Å². The third-order valence-corrected chi connectivity index (χ3v) is 4.43. The third kappa shape index (κ3) is 3.31.